The third-order valence-electron chi connectivity index (χ3n) is 1.58. The highest BCUT2D eigenvalue weighted by Gasteiger charge is 2.06. The maximum absolute atomic E-state index is 8.99. The summed E-state index contributed by atoms with van der Waals surface area (Å²) in [4.78, 5) is 0. The SMILES string of the molecule is CC(C)Oc1cccc(CO)c1Br. The molecule has 2 nitrogen and oxygen atoms in total. The summed E-state index contributed by atoms with van der Waals surface area (Å²) in [6.07, 6.45) is 0.144. The van der Waals surface area contributed by atoms with Gasteiger partial charge in [0.15, 0.2) is 0 Å². The van der Waals surface area contributed by atoms with Gasteiger partial charge in [0.25, 0.3) is 0 Å². The molecule has 0 aliphatic heterocycles. The van der Waals surface area contributed by atoms with Gasteiger partial charge in [-0.1, -0.05) is 12.1 Å². The fourth-order valence-electron chi connectivity index (χ4n) is 1.02. The van der Waals surface area contributed by atoms with Crippen molar-refractivity contribution >= 4 is 15.9 Å². The van der Waals surface area contributed by atoms with Gasteiger partial charge in [0.1, 0.15) is 5.75 Å². The lowest BCUT2D eigenvalue weighted by Gasteiger charge is -2.12. The van der Waals surface area contributed by atoms with E-state index in [-0.39, 0.29) is 12.7 Å². The first-order valence-corrected chi connectivity index (χ1v) is 4.99. The molecule has 0 aromatic heterocycles. The summed E-state index contributed by atoms with van der Waals surface area (Å²) in [6.45, 7) is 3.96. The van der Waals surface area contributed by atoms with E-state index < -0.39 is 0 Å². The lowest BCUT2D eigenvalue weighted by molar-refractivity contribution is 0.238. The van der Waals surface area contributed by atoms with Crippen LogP contribution in [-0.2, 0) is 6.61 Å². The average Bonchev–Trinajstić information content (AvgIpc) is 2.08. The minimum absolute atomic E-state index is 0.0237. The van der Waals surface area contributed by atoms with Crippen LogP contribution in [0.3, 0.4) is 0 Å². The summed E-state index contributed by atoms with van der Waals surface area (Å²) in [5, 5.41) is 8.99. The molecule has 0 saturated heterocycles. The number of halogens is 1. The molecule has 72 valence electrons. The topological polar surface area (TPSA) is 29.5 Å². The van der Waals surface area contributed by atoms with Crippen molar-refractivity contribution in [2.45, 2.75) is 26.6 Å². The van der Waals surface area contributed by atoms with Crippen LogP contribution < -0.4 is 4.74 Å². The Labute approximate surface area is 86.7 Å². The van der Waals surface area contributed by atoms with Crippen LogP contribution >= 0.6 is 15.9 Å². The summed E-state index contributed by atoms with van der Waals surface area (Å²) in [7, 11) is 0. The second-order valence-corrected chi connectivity index (χ2v) is 3.85. The number of rotatable bonds is 3. The lowest BCUT2D eigenvalue weighted by Crippen LogP contribution is -2.06. The first-order chi connectivity index (χ1) is 6.15. The van der Waals surface area contributed by atoms with Crippen molar-refractivity contribution in [1.29, 1.82) is 0 Å². The lowest BCUT2D eigenvalue weighted by atomic mass is 10.2. The zero-order valence-electron chi connectivity index (χ0n) is 7.75. The molecule has 1 N–H and O–H groups in total. The van der Waals surface area contributed by atoms with Crippen LogP contribution in [0.2, 0.25) is 0 Å². The van der Waals surface area contributed by atoms with Crippen molar-refractivity contribution in [2.24, 2.45) is 0 Å². The van der Waals surface area contributed by atoms with Crippen molar-refractivity contribution in [1.82, 2.24) is 0 Å². The Balaban J connectivity index is 2.94. The van der Waals surface area contributed by atoms with Crippen molar-refractivity contribution in [3.05, 3.63) is 28.2 Å². The Morgan fingerprint density at radius 3 is 2.69 bits per heavy atom. The molecule has 0 bridgehead atoms. The third kappa shape index (κ3) is 2.71. The molecular formula is C10H13BrO2. The van der Waals surface area contributed by atoms with Crippen molar-refractivity contribution in [3.8, 4) is 5.75 Å². The Morgan fingerprint density at radius 1 is 1.46 bits per heavy atom. The number of hydrogen-bond donors (Lipinski definition) is 1. The number of benzene rings is 1. The zero-order chi connectivity index (χ0) is 9.84. The fraction of sp³-hybridized carbons (Fsp3) is 0.400. The molecular weight excluding hydrogens is 232 g/mol. The first kappa shape index (κ1) is 10.5. The Hall–Kier alpha value is -0.540. The van der Waals surface area contributed by atoms with Crippen LogP contribution in [-0.4, -0.2) is 11.2 Å². The van der Waals surface area contributed by atoms with Gasteiger partial charge in [-0.05, 0) is 41.4 Å². The molecule has 1 rings (SSSR count). The van der Waals surface area contributed by atoms with Crippen LogP contribution in [0.1, 0.15) is 19.4 Å². The molecule has 3 heteroatoms. The van der Waals surface area contributed by atoms with Gasteiger partial charge >= 0.3 is 0 Å². The van der Waals surface area contributed by atoms with E-state index in [9.17, 15) is 0 Å². The number of ether oxygens (including phenoxy) is 1. The fourth-order valence-corrected chi connectivity index (χ4v) is 1.51. The van der Waals surface area contributed by atoms with Gasteiger partial charge in [-0.3, -0.25) is 0 Å². The second-order valence-electron chi connectivity index (χ2n) is 3.05. The molecule has 0 heterocycles. The summed E-state index contributed by atoms with van der Waals surface area (Å²) in [5.74, 6) is 0.779. The van der Waals surface area contributed by atoms with Crippen LogP contribution in [0, 0.1) is 0 Å². The molecule has 0 aliphatic rings. The number of hydrogen-bond acceptors (Lipinski definition) is 2. The molecule has 0 fully saturated rings. The minimum atomic E-state index is 0.0237. The normalized spacial score (nSPS) is 10.5. The highest BCUT2D eigenvalue weighted by atomic mass is 79.9. The quantitative estimate of drug-likeness (QED) is 0.887. The summed E-state index contributed by atoms with van der Waals surface area (Å²) >= 11 is 3.38. The molecule has 0 amide bonds. The molecule has 0 saturated carbocycles. The molecule has 0 atom stereocenters. The van der Waals surface area contributed by atoms with Gasteiger partial charge in [-0.25, -0.2) is 0 Å². The minimum Gasteiger partial charge on any atom is -0.490 e. The molecule has 0 unspecified atom stereocenters. The van der Waals surface area contributed by atoms with Crippen LogP contribution in [0.4, 0.5) is 0 Å². The van der Waals surface area contributed by atoms with Crippen LogP contribution in [0.5, 0.6) is 5.75 Å². The molecule has 0 radical (unpaired) electrons. The predicted octanol–water partition coefficient (Wildman–Crippen LogP) is 2.73. The van der Waals surface area contributed by atoms with Crippen molar-refractivity contribution in [2.75, 3.05) is 0 Å². The van der Waals surface area contributed by atoms with E-state index in [4.69, 9.17) is 9.84 Å². The van der Waals surface area contributed by atoms with Gasteiger partial charge in [-0.15, -0.1) is 0 Å². The van der Waals surface area contributed by atoms with Gasteiger partial charge in [0.05, 0.1) is 17.2 Å². The number of aliphatic hydroxyl groups excluding tert-OH is 1. The first-order valence-electron chi connectivity index (χ1n) is 4.20. The third-order valence-corrected chi connectivity index (χ3v) is 2.48. The highest BCUT2D eigenvalue weighted by molar-refractivity contribution is 9.10. The average molecular weight is 245 g/mol. The van der Waals surface area contributed by atoms with Gasteiger partial charge in [0, 0.05) is 0 Å². The van der Waals surface area contributed by atoms with E-state index in [1.807, 2.05) is 32.0 Å². The highest BCUT2D eigenvalue weighted by Crippen LogP contribution is 2.29. The monoisotopic (exact) mass is 244 g/mol. The largest absolute Gasteiger partial charge is 0.490 e. The second kappa shape index (κ2) is 4.63. The van der Waals surface area contributed by atoms with Gasteiger partial charge < -0.3 is 9.84 Å². The maximum atomic E-state index is 8.99. The Bertz CT molecular complexity index is 284. The summed E-state index contributed by atoms with van der Waals surface area (Å²) in [5.41, 5.74) is 0.846. The van der Waals surface area contributed by atoms with E-state index >= 15 is 0 Å². The smallest absolute Gasteiger partial charge is 0.134 e. The standard InChI is InChI=1S/C10H13BrO2/c1-7(2)13-9-5-3-4-8(6-12)10(9)11/h3-5,7,12H,6H2,1-2H3. The van der Waals surface area contributed by atoms with E-state index in [0.29, 0.717) is 0 Å². The molecule has 1 aromatic rings. The Kier molecular flexibility index (Phi) is 3.75. The van der Waals surface area contributed by atoms with E-state index in [1.54, 1.807) is 0 Å². The molecule has 0 spiro atoms. The Morgan fingerprint density at radius 2 is 2.15 bits per heavy atom. The zero-order valence-corrected chi connectivity index (χ0v) is 9.34. The molecule has 1 aromatic carbocycles. The maximum Gasteiger partial charge on any atom is 0.134 e. The summed E-state index contributed by atoms with van der Waals surface area (Å²) < 4.78 is 6.37. The van der Waals surface area contributed by atoms with Crippen molar-refractivity contribution in [3.63, 3.8) is 0 Å². The van der Waals surface area contributed by atoms with Crippen LogP contribution in [0.15, 0.2) is 22.7 Å². The van der Waals surface area contributed by atoms with E-state index in [1.165, 1.54) is 0 Å². The number of aliphatic hydroxyl groups is 1. The molecule has 13 heavy (non-hydrogen) atoms. The van der Waals surface area contributed by atoms with Crippen LogP contribution in [0.25, 0.3) is 0 Å². The summed E-state index contributed by atoms with van der Waals surface area (Å²) in [6, 6.07) is 5.61. The van der Waals surface area contributed by atoms with E-state index in [0.717, 1.165) is 15.8 Å². The molecule has 0 aliphatic carbocycles. The van der Waals surface area contributed by atoms with Gasteiger partial charge in [-0.2, -0.15) is 0 Å². The van der Waals surface area contributed by atoms with Gasteiger partial charge in [0.2, 0.25) is 0 Å². The van der Waals surface area contributed by atoms with Crippen molar-refractivity contribution < 1.29 is 9.84 Å². The van der Waals surface area contributed by atoms with E-state index in [2.05, 4.69) is 15.9 Å². The predicted molar refractivity (Wildman–Crippen MR) is 55.8 cm³/mol.